The number of hydrogen-bond acceptors (Lipinski definition) is 5. The molecule has 1 aliphatic rings. The zero-order valence-corrected chi connectivity index (χ0v) is 17.1. The molecule has 4 aromatic rings. The van der Waals surface area contributed by atoms with Gasteiger partial charge in [-0.05, 0) is 23.8 Å². The number of fused-ring (bicyclic) bond motifs is 3. The topological polar surface area (TPSA) is 115 Å². The largest absolute Gasteiger partial charge is 0.465 e. The van der Waals surface area contributed by atoms with E-state index >= 15 is 0 Å². The zero-order valence-electron chi connectivity index (χ0n) is 17.1. The molecule has 0 aliphatic heterocycles. The first-order chi connectivity index (χ1) is 15.7. The molecule has 0 spiro atoms. The highest BCUT2D eigenvalue weighted by Gasteiger charge is 2.36. The van der Waals surface area contributed by atoms with Gasteiger partial charge in [0.05, 0.1) is 5.69 Å². The van der Waals surface area contributed by atoms with Crippen LogP contribution < -0.4 is 11.1 Å². The fourth-order valence-electron chi connectivity index (χ4n) is 4.28. The highest BCUT2D eigenvalue weighted by Crippen LogP contribution is 2.36. The lowest BCUT2D eigenvalue weighted by molar-refractivity contribution is 0.186. The van der Waals surface area contributed by atoms with Crippen molar-refractivity contribution in [3.8, 4) is 11.5 Å². The molecule has 3 heterocycles. The summed E-state index contributed by atoms with van der Waals surface area (Å²) >= 11 is 0. The number of carboxylic acid groups (broad SMARTS) is 1. The van der Waals surface area contributed by atoms with E-state index in [1.54, 1.807) is 22.7 Å². The Labute approximate surface area is 183 Å². The highest BCUT2D eigenvalue weighted by atomic mass is 19.2. The van der Waals surface area contributed by atoms with Crippen molar-refractivity contribution in [1.29, 1.82) is 0 Å². The van der Waals surface area contributed by atoms with Crippen molar-refractivity contribution in [2.45, 2.75) is 24.8 Å². The molecule has 1 amide bonds. The van der Waals surface area contributed by atoms with Crippen LogP contribution in [0.5, 0.6) is 0 Å². The molecule has 0 unspecified atom stereocenters. The van der Waals surface area contributed by atoms with Crippen LogP contribution in [-0.4, -0.2) is 36.4 Å². The first-order valence-corrected chi connectivity index (χ1v) is 9.89. The fourth-order valence-corrected chi connectivity index (χ4v) is 4.28. The van der Waals surface area contributed by atoms with Crippen LogP contribution in [0.2, 0.25) is 0 Å². The second kappa shape index (κ2) is 7.50. The smallest absolute Gasteiger partial charge is 0.437 e. The Morgan fingerprint density at radius 1 is 1.18 bits per heavy atom. The summed E-state index contributed by atoms with van der Waals surface area (Å²) in [5.74, 6) is -4.82. The minimum absolute atomic E-state index is 0.0952. The maximum Gasteiger partial charge on any atom is 0.437 e. The summed E-state index contributed by atoms with van der Waals surface area (Å²) < 4.78 is 49.7. The quantitative estimate of drug-likeness (QED) is 0.456. The molecule has 12 heteroatoms. The van der Waals surface area contributed by atoms with Crippen LogP contribution in [0.15, 0.2) is 39.7 Å². The lowest BCUT2D eigenvalue weighted by Crippen LogP contribution is -2.43. The summed E-state index contributed by atoms with van der Waals surface area (Å²) in [6.45, 7) is 0. The Bertz CT molecular complexity index is 1470. The predicted octanol–water partition coefficient (Wildman–Crippen LogP) is 2.62. The van der Waals surface area contributed by atoms with Crippen LogP contribution >= 0.6 is 0 Å². The normalized spacial score (nSPS) is 17.8. The standard InChI is InChI=1S/C21H16F3N5O4/c1-28-21(32)33-19(27-28)9-2-3-29-17-8-15(26-20(30)31)11(6-16(17)25-18(29)4-9)10-5-13(23)14(24)7-12(10)22/h2-5,7,11,15,26H,6,8H2,1H3,(H,30,31)/t11-,15+/m1/s1. The summed E-state index contributed by atoms with van der Waals surface area (Å²) in [7, 11) is 1.45. The Morgan fingerprint density at radius 3 is 2.64 bits per heavy atom. The number of aromatic nitrogens is 4. The second-order valence-electron chi connectivity index (χ2n) is 7.80. The number of nitrogens with zero attached hydrogens (tertiary/aromatic N) is 4. The minimum atomic E-state index is -1.32. The minimum Gasteiger partial charge on any atom is -0.465 e. The van der Waals surface area contributed by atoms with Gasteiger partial charge < -0.3 is 19.2 Å². The number of amides is 1. The second-order valence-corrected chi connectivity index (χ2v) is 7.80. The molecule has 2 atom stereocenters. The van der Waals surface area contributed by atoms with E-state index in [0.717, 1.165) is 10.7 Å². The van der Waals surface area contributed by atoms with Crippen molar-refractivity contribution < 1.29 is 27.5 Å². The van der Waals surface area contributed by atoms with E-state index in [9.17, 15) is 27.9 Å². The molecule has 2 N–H and O–H groups in total. The van der Waals surface area contributed by atoms with Crippen LogP contribution in [0.3, 0.4) is 0 Å². The van der Waals surface area contributed by atoms with Crippen molar-refractivity contribution in [3.05, 3.63) is 75.4 Å². The fraction of sp³-hybridized carbons (Fsp3) is 0.238. The zero-order chi connectivity index (χ0) is 23.4. The van der Waals surface area contributed by atoms with Gasteiger partial charge in [0.25, 0.3) is 0 Å². The molecule has 1 aromatic carbocycles. The molecule has 0 fully saturated rings. The number of nitrogens with one attached hydrogen (secondary N) is 1. The summed E-state index contributed by atoms with van der Waals surface area (Å²) in [6.07, 6.45) is 0.598. The van der Waals surface area contributed by atoms with E-state index in [1.807, 2.05) is 0 Å². The number of carbonyl (C=O) groups is 1. The Kier molecular flexibility index (Phi) is 4.73. The Morgan fingerprint density at radius 2 is 1.94 bits per heavy atom. The highest BCUT2D eigenvalue weighted by molar-refractivity contribution is 5.65. The summed E-state index contributed by atoms with van der Waals surface area (Å²) in [5, 5.41) is 15.7. The van der Waals surface area contributed by atoms with Gasteiger partial charge in [-0.2, -0.15) is 4.68 Å². The van der Waals surface area contributed by atoms with Crippen LogP contribution in [0.1, 0.15) is 22.9 Å². The number of pyridine rings is 1. The van der Waals surface area contributed by atoms with Crippen molar-refractivity contribution in [2.24, 2.45) is 7.05 Å². The monoisotopic (exact) mass is 459 g/mol. The molecule has 33 heavy (non-hydrogen) atoms. The Balaban J connectivity index is 1.59. The van der Waals surface area contributed by atoms with E-state index in [4.69, 9.17) is 4.42 Å². The van der Waals surface area contributed by atoms with Gasteiger partial charge in [0, 0.05) is 55.4 Å². The Hall–Kier alpha value is -4.09. The van der Waals surface area contributed by atoms with Crippen LogP contribution in [-0.2, 0) is 19.9 Å². The summed E-state index contributed by atoms with van der Waals surface area (Å²) in [4.78, 5) is 27.5. The molecule has 9 nitrogen and oxygen atoms in total. The molecule has 3 aromatic heterocycles. The molecule has 0 radical (unpaired) electrons. The maximum absolute atomic E-state index is 14.5. The molecular weight excluding hydrogens is 443 g/mol. The van der Waals surface area contributed by atoms with Crippen molar-refractivity contribution in [1.82, 2.24) is 24.5 Å². The molecule has 1 aliphatic carbocycles. The van der Waals surface area contributed by atoms with Crippen LogP contribution in [0.4, 0.5) is 18.0 Å². The van der Waals surface area contributed by atoms with Crippen LogP contribution in [0, 0.1) is 17.5 Å². The van der Waals surface area contributed by atoms with Gasteiger partial charge in [-0.1, -0.05) is 0 Å². The average Bonchev–Trinajstić information content (AvgIpc) is 3.28. The predicted molar refractivity (Wildman–Crippen MR) is 107 cm³/mol. The van der Waals surface area contributed by atoms with Gasteiger partial charge in [-0.25, -0.2) is 27.7 Å². The van der Waals surface area contributed by atoms with E-state index < -0.39 is 41.3 Å². The first-order valence-electron chi connectivity index (χ1n) is 9.89. The number of benzene rings is 1. The molecule has 5 rings (SSSR count). The van der Waals surface area contributed by atoms with Gasteiger partial charge in [0.2, 0.25) is 5.89 Å². The van der Waals surface area contributed by atoms with Crippen molar-refractivity contribution in [2.75, 3.05) is 0 Å². The van der Waals surface area contributed by atoms with E-state index in [2.05, 4.69) is 15.4 Å². The van der Waals surface area contributed by atoms with Gasteiger partial charge in [-0.3, -0.25) is 0 Å². The molecule has 0 bridgehead atoms. The van der Waals surface area contributed by atoms with Gasteiger partial charge >= 0.3 is 11.8 Å². The number of halogens is 3. The van der Waals surface area contributed by atoms with E-state index in [-0.39, 0.29) is 24.3 Å². The van der Waals surface area contributed by atoms with E-state index in [1.165, 1.54) is 7.05 Å². The molecule has 170 valence electrons. The van der Waals surface area contributed by atoms with Crippen LogP contribution in [0.25, 0.3) is 17.1 Å². The molecular formula is C21H16F3N5O4. The summed E-state index contributed by atoms with van der Waals surface area (Å²) in [6, 6.07) is 3.72. The van der Waals surface area contributed by atoms with Crippen molar-refractivity contribution in [3.63, 3.8) is 0 Å². The first kappa shape index (κ1) is 20.8. The maximum atomic E-state index is 14.5. The average molecular weight is 459 g/mol. The van der Waals surface area contributed by atoms with Crippen molar-refractivity contribution >= 4 is 11.7 Å². The van der Waals surface area contributed by atoms with E-state index in [0.29, 0.717) is 28.7 Å². The molecule has 0 saturated carbocycles. The van der Waals surface area contributed by atoms with Gasteiger partial charge in [0.1, 0.15) is 11.5 Å². The number of imidazole rings is 1. The summed E-state index contributed by atoms with van der Waals surface area (Å²) in [5.41, 5.74) is 2.10. The third kappa shape index (κ3) is 3.52. The SMILES string of the molecule is Cn1nc(-c2ccn3c4c(nc3c2)C[C@H](c2cc(F)c(F)cc2F)[C@@H](NC(=O)O)C4)oc1=O. The van der Waals surface area contributed by atoms with Gasteiger partial charge in [-0.15, -0.1) is 5.10 Å². The number of rotatable bonds is 3. The molecule has 0 saturated heterocycles. The lowest BCUT2D eigenvalue weighted by atomic mass is 9.80. The number of aryl methyl sites for hydroxylation is 1. The lowest BCUT2D eigenvalue weighted by Gasteiger charge is -2.31. The van der Waals surface area contributed by atoms with Gasteiger partial charge in [0.15, 0.2) is 11.6 Å². The third-order valence-electron chi connectivity index (χ3n) is 5.80. The number of hydrogen-bond donors (Lipinski definition) is 2. The third-order valence-corrected chi connectivity index (χ3v) is 5.80.